The lowest BCUT2D eigenvalue weighted by atomic mass is 9.97. The van der Waals surface area contributed by atoms with Gasteiger partial charge in [0, 0.05) is 40.2 Å². The molecule has 21 heavy (non-hydrogen) atoms. The summed E-state index contributed by atoms with van der Waals surface area (Å²) in [7, 11) is 3.33. The number of aliphatic hydroxyl groups excluding tert-OH is 1. The molecule has 1 aliphatic rings. The molecule has 3 amide bonds. The fourth-order valence-electron chi connectivity index (χ4n) is 2.25. The lowest BCUT2D eigenvalue weighted by molar-refractivity contribution is -0.147. The van der Waals surface area contributed by atoms with E-state index in [1.54, 1.807) is 19.0 Å². The summed E-state index contributed by atoms with van der Waals surface area (Å²) in [6.45, 7) is 1.10. The molecule has 120 valence electrons. The molecule has 2 unspecified atom stereocenters. The van der Waals surface area contributed by atoms with E-state index in [4.69, 9.17) is 10.2 Å². The molecule has 0 aromatic rings. The molecule has 0 aromatic heterocycles. The number of hydrogen-bond donors (Lipinski definition) is 3. The Morgan fingerprint density at radius 1 is 1.38 bits per heavy atom. The maximum atomic E-state index is 12.0. The van der Waals surface area contributed by atoms with Crippen molar-refractivity contribution in [1.82, 2.24) is 15.1 Å². The summed E-state index contributed by atoms with van der Waals surface area (Å²) in [6, 6.07) is -0.117. The van der Waals surface area contributed by atoms with E-state index in [1.165, 1.54) is 4.90 Å². The van der Waals surface area contributed by atoms with Gasteiger partial charge in [0.1, 0.15) is 0 Å². The van der Waals surface area contributed by atoms with Gasteiger partial charge in [-0.2, -0.15) is 0 Å². The molecule has 0 spiro atoms. The molecule has 3 N–H and O–H groups in total. The molecule has 0 bridgehead atoms. The monoisotopic (exact) mass is 301 g/mol. The Morgan fingerprint density at radius 3 is 2.62 bits per heavy atom. The first kappa shape index (κ1) is 17.2. The molecular weight excluding hydrogens is 278 g/mol. The van der Waals surface area contributed by atoms with E-state index in [0.29, 0.717) is 19.5 Å². The molecule has 2 atom stereocenters. The average Bonchev–Trinajstić information content (AvgIpc) is 2.46. The summed E-state index contributed by atoms with van der Waals surface area (Å²) in [6.07, 6.45) is -0.0443. The molecule has 8 heteroatoms. The van der Waals surface area contributed by atoms with Crippen molar-refractivity contribution in [3.63, 3.8) is 0 Å². The van der Waals surface area contributed by atoms with Gasteiger partial charge in [-0.15, -0.1) is 0 Å². The zero-order valence-corrected chi connectivity index (χ0v) is 12.4. The molecule has 0 aliphatic carbocycles. The van der Waals surface area contributed by atoms with E-state index < -0.39 is 12.1 Å². The molecule has 1 fully saturated rings. The fraction of sp³-hybridized carbons (Fsp3) is 0.769. The van der Waals surface area contributed by atoms with Crippen LogP contribution < -0.4 is 5.32 Å². The van der Waals surface area contributed by atoms with Gasteiger partial charge in [-0.3, -0.25) is 4.79 Å². The van der Waals surface area contributed by atoms with Gasteiger partial charge in [-0.25, -0.2) is 9.59 Å². The maximum Gasteiger partial charge on any atom is 0.332 e. The number of aliphatic hydroxyl groups is 1. The van der Waals surface area contributed by atoms with Gasteiger partial charge in [-0.05, 0) is 12.8 Å². The molecule has 1 heterocycles. The summed E-state index contributed by atoms with van der Waals surface area (Å²) < 4.78 is 0. The minimum atomic E-state index is -1.47. The molecule has 1 saturated heterocycles. The number of carboxylic acids is 1. The third-order valence-electron chi connectivity index (χ3n) is 3.45. The molecule has 0 aromatic carbocycles. The third-order valence-corrected chi connectivity index (χ3v) is 3.45. The highest BCUT2D eigenvalue weighted by molar-refractivity contribution is 5.80. The van der Waals surface area contributed by atoms with Crippen molar-refractivity contribution in [1.29, 1.82) is 0 Å². The molecular formula is C13H23N3O5. The Labute approximate surface area is 123 Å². The van der Waals surface area contributed by atoms with Crippen LogP contribution in [0.2, 0.25) is 0 Å². The summed E-state index contributed by atoms with van der Waals surface area (Å²) in [5.74, 6) is -1.79. The van der Waals surface area contributed by atoms with Crippen LogP contribution >= 0.6 is 0 Å². The number of likely N-dealkylation sites (tertiary alicyclic amines) is 1. The number of nitrogens with one attached hydrogen (secondary N) is 1. The van der Waals surface area contributed by atoms with Crippen LogP contribution in [0.4, 0.5) is 4.79 Å². The molecule has 8 nitrogen and oxygen atoms in total. The van der Waals surface area contributed by atoms with E-state index in [2.05, 4.69) is 5.32 Å². The van der Waals surface area contributed by atoms with E-state index >= 15 is 0 Å². The van der Waals surface area contributed by atoms with Crippen molar-refractivity contribution in [2.24, 2.45) is 5.92 Å². The van der Waals surface area contributed by atoms with E-state index in [9.17, 15) is 14.4 Å². The first-order chi connectivity index (χ1) is 9.82. The number of piperidine rings is 1. The number of carbonyl (C=O) groups is 3. The predicted molar refractivity (Wildman–Crippen MR) is 74.6 cm³/mol. The minimum absolute atomic E-state index is 0.0336. The van der Waals surface area contributed by atoms with Gasteiger partial charge in [-0.1, -0.05) is 0 Å². The van der Waals surface area contributed by atoms with Crippen LogP contribution in [0.3, 0.4) is 0 Å². The number of urea groups is 1. The van der Waals surface area contributed by atoms with Gasteiger partial charge in [0.2, 0.25) is 5.91 Å². The predicted octanol–water partition coefficient (Wildman–Crippen LogP) is -0.668. The van der Waals surface area contributed by atoms with Crippen molar-refractivity contribution in [2.45, 2.75) is 25.4 Å². The number of nitrogens with zero attached hydrogens (tertiary/aromatic N) is 2. The highest BCUT2D eigenvalue weighted by Crippen LogP contribution is 2.17. The van der Waals surface area contributed by atoms with Crippen molar-refractivity contribution in [3.8, 4) is 0 Å². The largest absolute Gasteiger partial charge is 0.479 e. The number of hydrogen-bond acceptors (Lipinski definition) is 4. The zero-order valence-electron chi connectivity index (χ0n) is 12.4. The van der Waals surface area contributed by atoms with E-state index in [-0.39, 0.29) is 30.8 Å². The molecule has 0 saturated carbocycles. The van der Waals surface area contributed by atoms with Crippen LogP contribution in [0.5, 0.6) is 0 Å². The quantitative estimate of drug-likeness (QED) is 0.624. The van der Waals surface area contributed by atoms with Gasteiger partial charge >= 0.3 is 12.0 Å². The maximum absolute atomic E-state index is 12.0. The van der Waals surface area contributed by atoms with Crippen molar-refractivity contribution in [3.05, 3.63) is 0 Å². The Hall–Kier alpha value is -1.83. The lowest BCUT2D eigenvalue weighted by Crippen LogP contribution is -2.48. The number of amides is 3. The average molecular weight is 301 g/mol. The third kappa shape index (κ3) is 5.22. The first-order valence-corrected chi connectivity index (χ1v) is 6.97. The first-order valence-electron chi connectivity index (χ1n) is 6.97. The molecule has 1 aliphatic heterocycles. The van der Waals surface area contributed by atoms with Gasteiger partial charge in [0.15, 0.2) is 6.10 Å². The lowest BCUT2D eigenvalue weighted by Gasteiger charge is -2.33. The Kier molecular flexibility index (Phi) is 6.41. The normalized spacial score (nSPS) is 19.8. The SMILES string of the molecule is CN(C)C(=O)N1CCCC(C(=O)NCCC(O)C(=O)O)C1. The van der Waals surface area contributed by atoms with Crippen molar-refractivity contribution >= 4 is 17.9 Å². The Balaban J connectivity index is 2.40. The highest BCUT2D eigenvalue weighted by Gasteiger charge is 2.29. The van der Waals surface area contributed by atoms with Crippen molar-refractivity contribution < 1.29 is 24.6 Å². The van der Waals surface area contributed by atoms with E-state index in [0.717, 1.165) is 6.42 Å². The summed E-state index contributed by atoms with van der Waals surface area (Å²) in [5, 5.41) is 20.3. The van der Waals surface area contributed by atoms with Crippen LogP contribution in [-0.2, 0) is 9.59 Å². The van der Waals surface area contributed by atoms with Gasteiger partial charge < -0.3 is 25.3 Å². The van der Waals surface area contributed by atoms with E-state index in [1.807, 2.05) is 0 Å². The summed E-state index contributed by atoms with van der Waals surface area (Å²) in [5.41, 5.74) is 0. The Morgan fingerprint density at radius 2 is 2.05 bits per heavy atom. The number of aliphatic carboxylic acids is 1. The standard InChI is InChI=1S/C13H23N3O5/c1-15(2)13(21)16-7-3-4-9(8-16)11(18)14-6-5-10(17)12(19)20/h9-10,17H,3-8H2,1-2H3,(H,14,18)(H,19,20). The van der Waals surface area contributed by atoms with Gasteiger partial charge in [0.05, 0.1) is 5.92 Å². The van der Waals surface area contributed by atoms with Crippen LogP contribution in [0.1, 0.15) is 19.3 Å². The van der Waals surface area contributed by atoms with Crippen LogP contribution in [-0.4, -0.2) is 77.8 Å². The van der Waals surface area contributed by atoms with Crippen LogP contribution in [0.25, 0.3) is 0 Å². The minimum Gasteiger partial charge on any atom is -0.479 e. The molecule has 1 rings (SSSR count). The second kappa shape index (κ2) is 7.82. The number of carboxylic acid groups (broad SMARTS) is 1. The smallest absolute Gasteiger partial charge is 0.332 e. The molecule has 0 radical (unpaired) electrons. The second-order valence-corrected chi connectivity index (χ2v) is 5.40. The van der Waals surface area contributed by atoms with Crippen molar-refractivity contribution in [2.75, 3.05) is 33.7 Å². The van der Waals surface area contributed by atoms with Gasteiger partial charge in [0.25, 0.3) is 0 Å². The fourth-order valence-corrected chi connectivity index (χ4v) is 2.25. The Bertz CT molecular complexity index is 399. The topological polar surface area (TPSA) is 110 Å². The second-order valence-electron chi connectivity index (χ2n) is 5.40. The summed E-state index contributed by atoms with van der Waals surface area (Å²) >= 11 is 0. The zero-order chi connectivity index (χ0) is 16.0. The van der Waals surface area contributed by atoms with Crippen LogP contribution in [0, 0.1) is 5.92 Å². The highest BCUT2D eigenvalue weighted by atomic mass is 16.4. The number of rotatable bonds is 5. The summed E-state index contributed by atoms with van der Waals surface area (Å²) in [4.78, 5) is 37.4. The number of carbonyl (C=O) groups excluding carboxylic acids is 2. The van der Waals surface area contributed by atoms with Crippen LogP contribution in [0.15, 0.2) is 0 Å².